The Kier molecular flexibility index (Phi) is 3.65. The lowest BCUT2D eigenvalue weighted by atomic mass is 9.99. The smallest absolute Gasteiger partial charge is 0.0707 e. The molecule has 18 heavy (non-hydrogen) atoms. The minimum Gasteiger partial charge on any atom is -0.371 e. The molecule has 3 unspecified atom stereocenters. The van der Waals surface area contributed by atoms with Crippen LogP contribution in [0.3, 0.4) is 0 Å². The van der Waals surface area contributed by atoms with Gasteiger partial charge in [0.15, 0.2) is 0 Å². The Balaban J connectivity index is 1.46. The van der Waals surface area contributed by atoms with Gasteiger partial charge in [-0.2, -0.15) is 0 Å². The lowest BCUT2D eigenvalue weighted by Crippen LogP contribution is -2.46. The minimum atomic E-state index is 0.110. The normalized spacial score (nSPS) is 40.0. The zero-order valence-electron chi connectivity index (χ0n) is 12.0. The van der Waals surface area contributed by atoms with Crippen LogP contribution in [0.1, 0.15) is 52.4 Å². The number of nitrogens with one attached hydrogen (secondary N) is 1. The molecular formula is C15H28N2O. The van der Waals surface area contributed by atoms with Crippen LogP contribution >= 0.6 is 0 Å². The second-order valence-electron chi connectivity index (χ2n) is 6.94. The Morgan fingerprint density at radius 3 is 2.83 bits per heavy atom. The molecule has 3 nitrogen and oxygen atoms in total. The van der Waals surface area contributed by atoms with E-state index in [2.05, 4.69) is 24.1 Å². The summed E-state index contributed by atoms with van der Waals surface area (Å²) in [5, 5.41) is 3.79. The molecule has 0 saturated carbocycles. The zero-order chi connectivity index (χ0) is 12.6. The van der Waals surface area contributed by atoms with Crippen molar-refractivity contribution in [1.82, 2.24) is 10.2 Å². The SMILES string of the molecule is CC1(C)CCC(CNC2CCN3CCCCC23)O1. The highest BCUT2D eigenvalue weighted by Crippen LogP contribution is 2.30. The summed E-state index contributed by atoms with van der Waals surface area (Å²) in [5.41, 5.74) is 0.110. The third-order valence-corrected chi connectivity index (χ3v) is 5.02. The van der Waals surface area contributed by atoms with Gasteiger partial charge < -0.3 is 10.1 Å². The van der Waals surface area contributed by atoms with Crippen molar-refractivity contribution < 1.29 is 4.74 Å². The van der Waals surface area contributed by atoms with E-state index in [1.54, 1.807) is 0 Å². The number of hydrogen-bond acceptors (Lipinski definition) is 3. The van der Waals surface area contributed by atoms with Gasteiger partial charge in [-0.3, -0.25) is 4.90 Å². The van der Waals surface area contributed by atoms with Crippen LogP contribution in [0.5, 0.6) is 0 Å². The van der Waals surface area contributed by atoms with Gasteiger partial charge in [-0.25, -0.2) is 0 Å². The summed E-state index contributed by atoms with van der Waals surface area (Å²) in [7, 11) is 0. The van der Waals surface area contributed by atoms with E-state index in [-0.39, 0.29) is 5.60 Å². The van der Waals surface area contributed by atoms with Gasteiger partial charge in [0.05, 0.1) is 11.7 Å². The van der Waals surface area contributed by atoms with Gasteiger partial charge in [-0.15, -0.1) is 0 Å². The maximum atomic E-state index is 6.07. The van der Waals surface area contributed by atoms with E-state index >= 15 is 0 Å². The third kappa shape index (κ3) is 2.73. The number of hydrogen-bond donors (Lipinski definition) is 1. The van der Waals surface area contributed by atoms with Gasteiger partial charge in [0, 0.05) is 25.2 Å². The Hall–Kier alpha value is -0.120. The molecular weight excluding hydrogens is 224 g/mol. The molecule has 3 atom stereocenters. The summed E-state index contributed by atoms with van der Waals surface area (Å²) in [4.78, 5) is 2.70. The summed E-state index contributed by atoms with van der Waals surface area (Å²) < 4.78 is 6.07. The predicted octanol–water partition coefficient (Wildman–Crippen LogP) is 2.16. The predicted molar refractivity (Wildman–Crippen MR) is 73.8 cm³/mol. The van der Waals surface area contributed by atoms with E-state index in [9.17, 15) is 0 Å². The van der Waals surface area contributed by atoms with Gasteiger partial charge in [0.25, 0.3) is 0 Å². The standard InChI is InChI=1S/C15H28N2O/c1-15(2)8-6-12(18-15)11-16-13-7-10-17-9-4-3-5-14(13)17/h12-14,16H,3-11H2,1-2H3. The summed E-state index contributed by atoms with van der Waals surface area (Å²) in [5.74, 6) is 0. The van der Waals surface area contributed by atoms with Crippen LogP contribution in [0.25, 0.3) is 0 Å². The second kappa shape index (κ2) is 5.10. The van der Waals surface area contributed by atoms with Crippen molar-refractivity contribution in [3.8, 4) is 0 Å². The van der Waals surface area contributed by atoms with Crippen molar-refractivity contribution in [3.05, 3.63) is 0 Å². The molecule has 0 aromatic heterocycles. The van der Waals surface area contributed by atoms with Crippen molar-refractivity contribution in [2.45, 2.75) is 76.2 Å². The average molecular weight is 252 g/mol. The fourth-order valence-corrected chi connectivity index (χ4v) is 3.99. The Bertz CT molecular complexity index is 292. The van der Waals surface area contributed by atoms with Gasteiger partial charge in [-0.05, 0) is 52.5 Å². The van der Waals surface area contributed by atoms with Crippen LogP contribution in [0.4, 0.5) is 0 Å². The van der Waals surface area contributed by atoms with Crippen LogP contribution in [-0.4, -0.2) is 48.3 Å². The van der Waals surface area contributed by atoms with Crippen LogP contribution in [-0.2, 0) is 4.74 Å². The molecule has 0 amide bonds. The van der Waals surface area contributed by atoms with Crippen molar-refractivity contribution in [2.24, 2.45) is 0 Å². The van der Waals surface area contributed by atoms with E-state index in [0.29, 0.717) is 6.10 Å². The molecule has 0 spiro atoms. The zero-order valence-corrected chi connectivity index (χ0v) is 12.0. The molecule has 3 saturated heterocycles. The molecule has 3 heteroatoms. The van der Waals surface area contributed by atoms with E-state index in [0.717, 1.165) is 18.6 Å². The van der Waals surface area contributed by atoms with Crippen LogP contribution < -0.4 is 5.32 Å². The Morgan fingerprint density at radius 1 is 1.17 bits per heavy atom. The highest BCUT2D eigenvalue weighted by Gasteiger charge is 2.37. The van der Waals surface area contributed by atoms with Crippen molar-refractivity contribution in [2.75, 3.05) is 19.6 Å². The quantitative estimate of drug-likeness (QED) is 0.833. The first-order valence-corrected chi connectivity index (χ1v) is 7.79. The maximum absolute atomic E-state index is 6.07. The lowest BCUT2D eigenvalue weighted by Gasteiger charge is -2.33. The fourth-order valence-electron chi connectivity index (χ4n) is 3.99. The summed E-state index contributed by atoms with van der Waals surface area (Å²) in [6.45, 7) is 8.12. The largest absolute Gasteiger partial charge is 0.371 e. The third-order valence-electron chi connectivity index (χ3n) is 5.02. The molecule has 104 valence electrons. The minimum absolute atomic E-state index is 0.110. The molecule has 3 aliphatic heterocycles. The Labute approximate surface area is 111 Å². The van der Waals surface area contributed by atoms with Gasteiger partial charge in [0.2, 0.25) is 0 Å². The summed E-state index contributed by atoms with van der Waals surface area (Å²) in [6, 6.07) is 1.53. The molecule has 3 heterocycles. The average Bonchev–Trinajstić information content (AvgIpc) is 2.90. The van der Waals surface area contributed by atoms with Crippen molar-refractivity contribution in [3.63, 3.8) is 0 Å². The Morgan fingerprint density at radius 2 is 2.06 bits per heavy atom. The summed E-state index contributed by atoms with van der Waals surface area (Å²) >= 11 is 0. The molecule has 0 aromatic rings. The van der Waals surface area contributed by atoms with Gasteiger partial charge in [0.1, 0.15) is 0 Å². The first-order valence-electron chi connectivity index (χ1n) is 7.79. The topological polar surface area (TPSA) is 24.5 Å². The van der Waals surface area contributed by atoms with E-state index in [1.807, 2.05) is 0 Å². The lowest BCUT2D eigenvalue weighted by molar-refractivity contribution is -0.0156. The number of rotatable bonds is 3. The van der Waals surface area contributed by atoms with E-state index in [4.69, 9.17) is 4.74 Å². The fraction of sp³-hybridized carbons (Fsp3) is 1.00. The molecule has 3 fully saturated rings. The number of fused-ring (bicyclic) bond motifs is 1. The van der Waals surface area contributed by atoms with E-state index in [1.165, 1.54) is 51.6 Å². The van der Waals surface area contributed by atoms with Crippen LogP contribution in [0.15, 0.2) is 0 Å². The first kappa shape index (κ1) is 12.9. The van der Waals surface area contributed by atoms with Crippen molar-refractivity contribution >= 4 is 0 Å². The number of ether oxygens (including phenoxy) is 1. The van der Waals surface area contributed by atoms with Gasteiger partial charge >= 0.3 is 0 Å². The summed E-state index contributed by atoms with van der Waals surface area (Å²) in [6.07, 6.45) is 8.43. The number of nitrogens with zero attached hydrogens (tertiary/aromatic N) is 1. The second-order valence-corrected chi connectivity index (χ2v) is 6.94. The maximum Gasteiger partial charge on any atom is 0.0707 e. The first-order chi connectivity index (χ1) is 8.64. The van der Waals surface area contributed by atoms with Gasteiger partial charge in [-0.1, -0.05) is 6.42 Å². The molecule has 3 rings (SSSR count). The highest BCUT2D eigenvalue weighted by atomic mass is 16.5. The monoisotopic (exact) mass is 252 g/mol. The number of piperidine rings is 1. The molecule has 3 aliphatic rings. The molecule has 1 N–H and O–H groups in total. The highest BCUT2D eigenvalue weighted by molar-refractivity contribution is 4.94. The van der Waals surface area contributed by atoms with Crippen molar-refractivity contribution in [1.29, 1.82) is 0 Å². The van der Waals surface area contributed by atoms with E-state index < -0.39 is 0 Å². The van der Waals surface area contributed by atoms with Crippen LogP contribution in [0.2, 0.25) is 0 Å². The molecule has 0 aromatic carbocycles. The molecule has 0 aliphatic carbocycles. The molecule has 0 bridgehead atoms. The van der Waals surface area contributed by atoms with Crippen LogP contribution in [0, 0.1) is 0 Å². The molecule has 0 radical (unpaired) electrons.